The molecule has 0 aromatic carbocycles. The van der Waals surface area contributed by atoms with Crippen LogP contribution in [0.5, 0.6) is 0 Å². The Labute approximate surface area is 118 Å². The molecule has 0 aliphatic rings. The Morgan fingerprint density at radius 3 is 2.89 bits per heavy atom. The Hall–Kier alpha value is -1.33. The van der Waals surface area contributed by atoms with Gasteiger partial charge < -0.3 is 15.2 Å². The highest BCUT2D eigenvalue weighted by Crippen LogP contribution is 2.18. The number of carbonyl (C=O) groups is 1. The molecular weight excluding hydrogens is 262 g/mol. The van der Waals surface area contributed by atoms with Gasteiger partial charge in [0.1, 0.15) is 5.60 Å². The van der Waals surface area contributed by atoms with Crippen molar-refractivity contribution in [3.8, 4) is 0 Å². The van der Waals surface area contributed by atoms with E-state index in [4.69, 9.17) is 9.84 Å². The van der Waals surface area contributed by atoms with Gasteiger partial charge >= 0.3 is 6.09 Å². The largest absolute Gasteiger partial charge is 0.444 e. The molecule has 0 fully saturated rings. The normalized spacial score (nSPS) is 11.8. The van der Waals surface area contributed by atoms with Crippen molar-refractivity contribution in [3.05, 3.63) is 28.0 Å². The fourth-order valence-corrected chi connectivity index (χ4v) is 2.14. The van der Waals surface area contributed by atoms with Crippen LogP contribution in [0.25, 0.3) is 6.08 Å². The van der Waals surface area contributed by atoms with E-state index < -0.39 is 11.7 Å². The lowest BCUT2D eigenvalue weighted by Crippen LogP contribution is -2.32. The highest BCUT2D eigenvalue weighted by molar-refractivity contribution is 7.10. The van der Waals surface area contributed by atoms with Crippen molar-refractivity contribution in [2.24, 2.45) is 0 Å². The van der Waals surface area contributed by atoms with Gasteiger partial charge in [-0.1, -0.05) is 12.2 Å². The second kappa shape index (κ2) is 7.31. The third-order valence-electron chi connectivity index (χ3n) is 2.20. The summed E-state index contributed by atoms with van der Waals surface area (Å²) < 4.78 is 5.12. The Morgan fingerprint density at radius 1 is 1.53 bits per heavy atom. The van der Waals surface area contributed by atoms with Crippen LogP contribution in [0, 0.1) is 0 Å². The van der Waals surface area contributed by atoms with Crippen LogP contribution in [0.2, 0.25) is 0 Å². The highest BCUT2D eigenvalue weighted by atomic mass is 32.1. The molecule has 0 bridgehead atoms. The van der Waals surface area contributed by atoms with Crippen LogP contribution in [0.15, 0.2) is 17.5 Å². The molecular formula is C14H21NO3S. The predicted octanol–water partition coefficient (Wildman–Crippen LogP) is 3.17. The molecule has 0 radical (unpaired) electrons. The summed E-state index contributed by atoms with van der Waals surface area (Å²) in [7, 11) is 0. The molecule has 0 spiro atoms. The van der Waals surface area contributed by atoms with E-state index in [-0.39, 0.29) is 6.61 Å². The average Bonchev–Trinajstić information content (AvgIpc) is 2.73. The summed E-state index contributed by atoms with van der Waals surface area (Å²) in [6.45, 7) is 6.09. The first-order valence-corrected chi connectivity index (χ1v) is 7.11. The third kappa shape index (κ3) is 6.40. The number of alkyl carbamates (subject to hydrolysis) is 1. The average molecular weight is 283 g/mol. The fraction of sp³-hybridized carbons (Fsp3) is 0.500. The van der Waals surface area contributed by atoms with Crippen molar-refractivity contribution < 1.29 is 14.6 Å². The lowest BCUT2D eigenvalue weighted by Gasteiger charge is -2.19. The molecule has 0 aliphatic carbocycles. The molecule has 1 aromatic heterocycles. The van der Waals surface area contributed by atoms with E-state index in [1.54, 1.807) is 0 Å². The van der Waals surface area contributed by atoms with E-state index in [9.17, 15) is 4.79 Å². The van der Waals surface area contributed by atoms with Gasteiger partial charge in [-0.15, -0.1) is 11.3 Å². The molecule has 1 rings (SSSR count). The number of aliphatic hydroxyl groups excluding tert-OH is 1. The van der Waals surface area contributed by atoms with E-state index in [0.29, 0.717) is 6.54 Å². The number of hydrogen-bond acceptors (Lipinski definition) is 4. The molecule has 4 nitrogen and oxygen atoms in total. The number of amides is 1. The summed E-state index contributed by atoms with van der Waals surface area (Å²) in [5.74, 6) is 0. The number of hydrogen-bond donors (Lipinski definition) is 2. The Bertz CT molecular complexity index is 432. The van der Waals surface area contributed by atoms with Gasteiger partial charge in [-0.05, 0) is 44.2 Å². The molecule has 0 atom stereocenters. The standard InChI is InChI=1S/C14H21NO3S/c1-14(2,3)18-13(17)15-8-5-4-6-11-7-9-19-12(11)10-16/h4,6-7,9,16H,5,8,10H2,1-3H3,(H,15,17). The molecule has 1 amide bonds. The van der Waals surface area contributed by atoms with Crippen LogP contribution in [-0.4, -0.2) is 23.3 Å². The summed E-state index contributed by atoms with van der Waals surface area (Å²) in [6, 6.07) is 1.97. The minimum atomic E-state index is -0.466. The van der Waals surface area contributed by atoms with E-state index in [1.807, 2.05) is 44.4 Å². The van der Waals surface area contributed by atoms with Crippen LogP contribution in [-0.2, 0) is 11.3 Å². The van der Waals surface area contributed by atoms with Gasteiger partial charge in [0.05, 0.1) is 6.61 Å². The minimum absolute atomic E-state index is 0.0630. The molecule has 2 N–H and O–H groups in total. The lowest BCUT2D eigenvalue weighted by molar-refractivity contribution is 0.0529. The maximum absolute atomic E-state index is 11.4. The number of aliphatic hydroxyl groups is 1. The van der Waals surface area contributed by atoms with Gasteiger partial charge in [0, 0.05) is 11.4 Å². The highest BCUT2D eigenvalue weighted by Gasteiger charge is 2.15. The summed E-state index contributed by atoms with van der Waals surface area (Å²) in [5, 5.41) is 13.7. The SMILES string of the molecule is CC(C)(C)OC(=O)NCCC=Cc1ccsc1CO. The fourth-order valence-electron chi connectivity index (χ4n) is 1.41. The second-order valence-corrected chi connectivity index (χ2v) is 6.08. The zero-order valence-electron chi connectivity index (χ0n) is 11.6. The van der Waals surface area contributed by atoms with Crippen molar-refractivity contribution in [3.63, 3.8) is 0 Å². The topological polar surface area (TPSA) is 58.6 Å². The number of ether oxygens (including phenoxy) is 1. The first-order chi connectivity index (χ1) is 8.92. The van der Waals surface area contributed by atoms with E-state index >= 15 is 0 Å². The maximum atomic E-state index is 11.4. The second-order valence-electron chi connectivity index (χ2n) is 5.08. The Kier molecular flexibility index (Phi) is 6.05. The van der Waals surface area contributed by atoms with Crippen LogP contribution in [0.3, 0.4) is 0 Å². The van der Waals surface area contributed by atoms with Crippen molar-refractivity contribution in [2.45, 2.75) is 39.4 Å². The van der Waals surface area contributed by atoms with Crippen molar-refractivity contribution >= 4 is 23.5 Å². The molecule has 19 heavy (non-hydrogen) atoms. The smallest absolute Gasteiger partial charge is 0.407 e. The molecule has 0 aliphatic heterocycles. The first-order valence-electron chi connectivity index (χ1n) is 6.23. The van der Waals surface area contributed by atoms with Crippen molar-refractivity contribution in [2.75, 3.05) is 6.54 Å². The van der Waals surface area contributed by atoms with Crippen LogP contribution >= 0.6 is 11.3 Å². The van der Waals surface area contributed by atoms with Gasteiger partial charge in [0.15, 0.2) is 0 Å². The van der Waals surface area contributed by atoms with Gasteiger partial charge in [-0.3, -0.25) is 0 Å². The summed E-state index contributed by atoms with van der Waals surface area (Å²) in [4.78, 5) is 12.3. The molecule has 0 saturated carbocycles. The molecule has 1 heterocycles. The molecule has 106 valence electrons. The summed E-state index contributed by atoms with van der Waals surface area (Å²) >= 11 is 1.53. The zero-order chi connectivity index (χ0) is 14.3. The van der Waals surface area contributed by atoms with Gasteiger partial charge in [-0.25, -0.2) is 4.79 Å². The van der Waals surface area contributed by atoms with Gasteiger partial charge in [-0.2, -0.15) is 0 Å². The quantitative estimate of drug-likeness (QED) is 0.816. The summed E-state index contributed by atoms with van der Waals surface area (Å²) in [5.41, 5.74) is 0.567. The lowest BCUT2D eigenvalue weighted by atomic mass is 10.2. The first kappa shape index (κ1) is 15.7. The predicted molar refractivity (Wildman–Crippen MR) is 78.1 cm³/mol. The molecule has 1 aromatic rings. The van der Waals surface area contributed by atoms with Crippen molar-refractivity contribution in [1.29, 1.82) is 0 Å². The summed E-state index contributed by atoms with van der Waals surface area (Å²) in [6.07, 6.45) is 4.25. The number of thiophene rings is 1. The molecule has 5 heteroatoms. The van der Waals surface area contributed by atoms with Crippen LogP contribution in [0.4, 0.5) is 4.79 Å². The van der Waals surface area contributed by atoms with Gasteiger partial charge in [0.25, 0.3) is 0 Å². The van der Waals surface area contributed by atoms with Gasteiger partial charge in [0.2, 0.25) is 0 Å². The monoisotopic (exact) mass is 283 g/mol. The zero-order valence-corrected chi connectivity index (χ0v) is 12.4. The van der Waals surface area contributed by atoms with Crippen LogP contribution in [0.1, 0.15) is 37.6 Å². The number of carbonyl (C=O) groups excluding carboxylic acids is 1. The minimum Gasteiger partial charge on any atom is -0.444 e. The van der Waals surface area contributed by atoms with E-state index in [1.165, 1.54) is 11.3 Å². The number of rotatable bonds is 5. The van der Waals surface area contributed by atoms with Crippen LogP contribution < -0.4 is 5.32 Å². The molecule has 0 unspecified atom stereocenters. The van der Waals surface area contributed by atoms with E-state index in [2.05, 4.69) is 5.32 Å². The molecule has 0 saturated heterocycles. The van der Waals surface area contributed by atoms with Crippen molar-refractivity contribution in [1.82, 2.24) is 5.32 Å². The Morgan fingerprint density at radius 2 is 2.26 bits per heavy atom. The Balaban J connectivity index is 2.26. The van der Waals surface area contributed by atoms with E-state index in [0.717, 1.165) is 16.9 Å². The third-order valence-corrected chi connectivity index (χ3v) is 3.12. The maximum Gasteiger partial charge on any atom is 0.407 e. The number of nitrogens with one attached hydrogen (secondary N) is 1.